The lowest BCUT2D eigenvalue weighted by atomic mass is 10.5. The lowest BCUT2D eigenvalue weighted by Gasteiger charge is -2.25. The Labute approximate surface area is 78.8 Å². The van der Waals surface area contributed by atoms with Gasteiger partial charge in [-0.05, 0) is 6.92 Å². The molecule has 0 aromatic rings. The first-order valence-electron chi connectivity index (χ1n) is 4.18. The summed E-state index contributed by atoms with van der Waals surface area (Å²) in [6.07, 6.45) is 1.42. The summed E-state index contributed by atoms with van der Waals surface area (Å²) < 4.78 is 0. The Morgan fingerprint density at radius 2 is 1.85 bits per heavy atom. The van der Waals surface area contributed by atoms with Crippen LogP contribution in [0.1, 0.15) is 20.8 Å². The molecule has 0 aliphatic carbocycles. The monoisotopic (exact) mass is 184 g/mol. The molecule has 74 valence electrons. The van der Waals surface area contributed by atoms with Gasteiger partial charge in [0.25, 0.3) is 0 Å². The molecule has 0 aliphatic rings. The van der Waals surface area contributed by atoms with E-state index in [0.717, 1.165) is 0 Å². The highest BCUT2D eigenvalue weighted by Gasteiger charge is 2.11. The number of hydrogen-bond acceptors (Lipinski definition) is 2. The van der Waals surface area contributed by atoms with Gasteiger partial charge in [-0.15, -0.1) is 0 Å². The van der Waals surface area contributed by atoms with Crippen molar-refractivity contribution in [2.24, 2.45) is 0 Å². The molecule has 0 spiro atoms. The van der Waals surface area contributed by atoms with Crippen LogP contribution in [0.15, 0.2) is 12.8 Å². The van der Waals surface area contributed by atoms with Gasteiger partial charge in [-0.2, -0.15) is 0 Å². The van der Waals surface area contributed by atoms with E-state index in [4.69, 9.17) is 0 Å². The maximum absolute atomic E-state index is 11.0. The number of nitrogens with zero attached hydrogens (tertiary/aromatic N) is 2. The highest BCUT2D eigenvalue weighted by Crippen LogP contribution is 1.96. The fraction of sp³-hybridized carbons (Fsp3) is 0.556. The normalized spacial score (nSPS) is 9.15. The second kappa shape index (κ2) is 5.35. The minimum Gasteiger partial charge on any atom is -0.325 e. The Balaban J connectivity index is 4.27. The predicted molar refractivity (Wildman–Crippen MR) is 50.6 cm³/mol. The van der Waals surface area contributed by atoms with Gasteiger partial charge in [-0.25, -0.2) is 0 Å². The molecule has 0 aromatic carbocycles. The third-order valence-electron chi connectivity index (χ3n) is 1.77. The summed E-state index contributed by atoms with van der Waals surface area (Å²) in [6.45, 7) is 9.15. The Kier molecular flexibility index (Phi) is 4.80. The van der Waals surface area contributed by atoms with E-state index in [1.807, 2.05) is 6.92 Å². The van der Waals surface area contributed by atoms with Crippen LogP contribution in [0.3, 0.4) is 0 Å². The van der Waals surface area contributed by atoms with Gasteiger partial charge in [0.05, 0.1) is 6.67 Å². The second-order valence-electron chi connectivity index (χ2n) is 2.69. The topological polar surface area (TPSA) is 40.6 Å². The summed E-state index contributed by atoms with van der Waals surface area (Å²) in [5.74, 6) is -0.162. The first-order valence-corrected chi connectivity index (χ1v) is 4.18. The number of amides is 2. The van der Waals surface area contributed by atoms with Gasteiger partial charge in [0.2, 0.25) is 11.8 Å². The van der Waals surface area contributed by atoms with Crippen LogP contribution in [0.4, 0.5) is 0 Å². The van der Waals surface area contributed by atoms with Crippen molar-refractivity contribution in [1.82, 2.24) is 9.80 Å². The van der Waals surface area contributed by atoms with Gasteiger partial charge in [0.15, 0.2) is 0 Å². The minimum absolute atomic E-state index is 0.0457. The van der Waals surface area contributed by atoms with Crippen LogP contribution >= 0.6 is 0 Å². The van der Waals surface area contributed by atoms with E-state index in [1.165, 1.54) is 24.9 Å². The van der Waals surface area contributed by atoms with Crippen LogP contribution in [0.5, 0.6) is 0 Å². The zero-order valence-electron chi connectivity index (χ0n) is 8.41. The van der Waals surface area contributed by atoms with Crippen LogP contribution in [0, 0.1) is 0 Å². The van der Waals surface area contributed by atoms with Crippen molar-refractivity contribution in [3.8, 4) is 0 Å². The molecular weight excluding hydrogens is 168 g/mol. The molecule has 0 rings (SSSR count). The van der Waals surface area contributed by atoms with E-state index in [-0.39, 0.29) is 18.5 Å². The number of carbonyl (C=O) groups is 2. The molecule has 4 nitrogen and oxygen atoms in total. The van der Waals surface area contributed by atoms with Crippen molar-refractivity contribution in [2.45, 2.75) is 20.8 Å². The zero-order valence-corrected chi connectivity index (χ0v) is 8.41. The minimum atomic E-state index is -0.116. The summed E-state index contributed by atoms with van der Waals surface area (Å²) in [7, 11) is 0. The predicted octanol–water partition coefficient (Wildman–Crippen LogP) is 0.804. The third-order valence-corrected chi connectivity index (χ3v) is 1.77. The molecule has 0 saturated heterocycles. The van der Waals surface area contributed by atoms with Crippen molar-refractivity contribution < 1.29 is 9.59 Å². The third kappa shape index (κ3) is 3.73. The highest BCUT2D eigenvalue weighted by molar-refractivity contribution is 5.76. The molecule has 4 heteroatoms. The van der Waals surface area contributed by atoms with Crippen molar-refractivity contribution in [3.05, 3.63) is 12.8 Å². The molecule has 0 N–H and O–H groups in total. The van der Waals surface area contributed by atoms with E-state index in [2.05, 4.69) is 6.58 Å². The van der Waals surface area contributed by atoms with Gasteiger partial charge in [-0.1, -0.05) is 6.58 Å². The smallest absolute Gasteiger partial charge is 0.224 e. The van der Waals surface area contributed by atoms with Gasteiger partial charge in [-0.3, -0.25) is 9.59 Å². The molecule has 0 radical (unpaired) electrons. The van der Waals surface area contributed by atoms with Crippen LogP contribution in [-0.2, 0) is 9.59 Å². The average molecular weight is 184 g/mol. The highest BCUT2D eigenvalue weighted by atomic mass is 16.2. The Morgan fingerprint density at radius 3 is 2.08 bits per heavy atom. The molecule has 13 heavy (non-hydrogen) atoms. The Bertz CT molecular complexity index is 214. The molecule has 0 heterocycles. The number of carbonyl (C=O) groups excluding carboxylic acids is 2. The van der Waals surface area contributed by atoms with E-state index < -0.39 is 0 Å². The largest absolute Gasteiger partial charge is 0.325 e. The SMILES string of the molecule is C=CN(CN(CC)C(C)=O)C(C)=O. The van der Waals surface area contributed by atoms with Crippen molar-refractivity contribution in [3.63, 3.8) is 0 Å². The standard InChI is InChI=1S/C9H16N2O2/c1-5-10(8(3)12)7-11(6-2)9(4)13/h5H,1,6-7H2,2-4H3. The molecule has 0 atom stereocenters. The molecule has 0 bridgehead atoms. The van der Waals surface area contributed by atoms with Crippen LogP contribution in [0.2, 0.25) is 0 Å². The van der Waals surface area contributed by atoms with Gasteiger partial charge in [0, 0.05) is 26.6 Å². The van der Waals surface area contributed by atoms with Crippen molar-refractivity contribution >= 4 is 11.8 Å². The molecular formula is C9H16N2O2. The van der Waals surface area contributed by atoms with Crippen LogP contribution in [-0.4, -0.2) is 34.8 Å². The maximum atomic E-state index is 11.0. The summed E-state index contributed by atoms with van der Waals surface area (Å²) >= 11 is 0. The average Bonchev–Trinajstić information content (AvgIpc) is 2.05. The molecule has 0 aromatic heterocycles. The van der Waals surface area contributed by atoms with Gasteiger partial charge < -0.3 is 9.80 Å². The second-order valence-corrected chi connectivity index (χ2v) is 2.69. The fourth-order valence-corrected chi connectivity index (χ4v) is 0.892. The molecule has 0 aliphatic heterocycles. The van der Waals surface area contributed by atoms with Crippen LogP contribution in [0.25, 0.3) is 0 Å². The summed E-state index contributed by atoms with van der Waals surface area (Å²) in [5, 5.41) is 0. The fourth-order valence-electron chi connectivity index (χ4n) is 0.892. The first-order chi connectivity index (χ1) is 6.02. The van der Waals surface area contributed by atoms with Gasteiger partial charge >= 0.3 is 0 Å². The summed E-state index contributed by atoms with van der Waals surface area (Å²) in [4.78, 5) is 24.9. The summed E-state index contributed by atoms with van der Waals surface area (Å²) in [5.41, 5.74) is 0. The Morgan fingerprint density at radius 1 is 1.31 bits per heavy atom. The van der Waals surface area contributed by atoms with E-state index in [9.17, 15) is 9.59 Å². The lowest BCUT2D eigenvalue weighted by Crippen LogP contribution is -2.39. The quantitative estimate of drug-likeness (QED) is 0.606. The van der Waals surface area contributed by atoms with Gasteiger partial charge in [0.1, 0.15) is 0 Å². The van der Waals surface area contributed by atoms with E-state index in [1.54, 1.807) is 4.90 Å². The zero-order chi connectivity index (χ0) is 10.4. The molecule has 0 saturated carbocycles. The summed E-state index contributed by atoms with van der Waals surface area (Å²) in [6, 6.07) is 0. The van der Waals surface area contributed by atoms with Crippen LogP contribution < -0.4 is 0 Å². The molecule has 0 fully saturated rings. The first kappa shape index (κ1) is 11.7. The lowest BCUT2D eigenvalue weighted by molar-refractivity contribution is -0.134. The number of rotatable bonds is 4. The number of hydrogen-bond donors (Lipinski definition) is 0. The van der Waals surface area contributed by atoms with Crippen molar-refractivity contribution in [1.29, 1.82) is 0 Å². The van der Waals surface area contributed by atoms with E-state index in [0.29, 0.717) is 6.54 Å². The van der Waals surface area contributed by atoms with E-state index >= 15 is 0 Å². The molecule has 2 amide bonds. The molecule has 0 unspecified atom stereocenters. The maximum Gasteiger partial charge on any atom is 0.224 e. The van der Waals surface area contributed by atoms with Crippen molar-refractivity contribution in [2.75, 3.05) is 13.2 Å². The Hall–Kier alpha value is -1.32.